The molecule has 7 nitrogen and oxygen atoms in total. The van der Waals surface area contributed by atoms with Crippen LogP contribution in [0.15, 0.2) is 0 Å². The van der Waals surface area contributed by atoms with Gasteiger partial charge in [0.2, 0.25) is 0 Å². The van der Waals surface area contributed by atoms with Gasteiger partial charge in [-0.25, -0.2) is 8.42 Å². The minimum Gasteiger partial charge on any atom is -0.425 e. The van der Waals surface area contributed by atoms with Crippen LogP contribution in [0.5, 0.6) is 0 Å². The van der Waals surface area contributed by atoms with Crippen LogP contribution in [0.1, 0.15) is 12.8 Å². The highest BCUT2D eigenvalue weighted by Gasteiger charge is 2.28. The largest absolute Gasteiger partial charge is 0.425 e. The lowest BCUT2D eigenvalue weighted by Gasteiger charge is -2.20. The molecule has 0 aliphatic carbocycles. The Morgan fingerprint density at radius 3 is 2.58 bits per heavy atom. The van der Waals surface area contributed by atoms with Gasteiger partial charge in [-0.1, -0.05) is 0 Å². The molecule has 0 radical (unpaired) electrons. The summed E-state index contributed by atoms with van der Waals surface area (Å²) in [6.07, 6.45) is 1.36. The first-order valence-corrected chi connectivity index (χ1v) is 13.4. The highest BCUT2D eigenvalue weighted by Crippen LogP contribution is 2.15. The maximum Gasteiger partial charge on any atom is 0.303 e. The third kappa shape index (κ3) is 6.28. The van der Waals surface area contributed by atoms with E-state index in [1.807, 2.05) is 0 Å². The molecule has 0 spiro atoms. The summed E-state index contributed by atoms with van der Waals surface area (Å²) in [5.41, 5.74) is 0. The lowest BCUT2D eigenvalue weighted by molar-refractivity contribution is 0.0708. The van der Waals surface area contributed by atoms with Crippen molar-refractivity contribution in [1.29, 1.82) is 0 Å². The summed E-state index contributed by atoms with van der Waals surface area (Å²) in [6, 6.07) is 0.883. The van der Waals surface area contributed by atoms with Gasteiger partial charge in [0.05, 0.1) is 17.6 Å². The molecule has 0 amide bonds. The Morgan fingerprint density at radius 2 is 1.95 bits per heavy atom. The first-order valence-electron chi connectivity index (χ1n) is 6.36. The van der Waals surface area contributed by atoms with Crippen LogP contribution in [0.25, 0.3) is 0 Å². The van der Waals surface area contributed by atoms with Crippen LogP contribution in [0, 0.1) is 0 Å². The van der Waals surface area contributed by atoms with Gasteiger partial charge in [-0.15, -0.1) is 0 Å². The summed E-state index contributed by atoms with van der Waals surface area (Å²) in [5, 5.41) is 0. The third-order valence-corrected chi connectivity index (χ3v) is 12.3. The Bertz CT molecular complexity index is 358. The van der Waals surface area contributed by atoms with Crippen LogP contribution in [0.3, 0.4) is 0 Å². The quantitative estimate of drug-likeness (QED) is 0.379. The van der Waals surface area contributed by atoms with Crippen molar-refractivity contribution in [2.24, 2.45) is 0 Å². The molecule has 0 aromatic heterocycles. The summed E-state index contributed by atoms with van der Waals surface area (Å²) in [6.45, 7) is 0.579. The van der Waals surface area contributed by atoms with Crippen LogP contribution < -0.4 is 0 Å². The Kier molecular flexibility index (Phi) is 6.87. The van der Waals surface area contributed by atoms with Gasteiger partial charge in [-0.2, -0.15) is 0 Å². The molecule has 0 N–H and O–H groups in total. The SMILES string of the molecule is O=S1(=O)CCC(OCCC[SiH]2O[SiH2]O[SiH2]O[SiH2]O2)C1. The van der Waals surface area contributed by atoms with E-state index < -0.39 is 49.1 Å². The molecule has 0 saturated carbocycles. The van der Waals surface area contributed by atoms with Crippen LogP contribution in [-0.4, -0.2) is 71.9 Å². The number of hydrogen-bond donors (Lipinski definition) is 0. The van der Waals surface area contributed by atoms with Gasteiger partial charge in [0.15, 0.2) is 9.84 Å². The molecular weight excluding hydrogens is 340 g/mol. The van der Waals surface area contributed by atoms with Crippen molar-refractivity contribution in [3.05, 3.63) is 0 Å². The summed E-state index contributed by atoms with van der Waals surface area (Å²) < 4.78 is 50.1. The van der Waals surface area contributed by atoms with Crippen molar-refractivity contribution < 1.29 is 29.6 Å². The molecule has 2 saturated heterocycles. The standard InChI is InChI=1S/C7H20O7SSi4/c8-15(9)4-2-7(6-15)10-3-1-5-19-13-17-11-16-12-18-14-19/h7,19H,1-6,16-18H2. The predicted octanol–water partition coefficient (Wildman–Crippen LogP) is -3.12. The van der Waals surface area contributed by atoms with Crippen LogP contribution >= 0.6 is 0 Å². The number of sulfone groups is 1. The average molecular weight is 361 g/mol. The highest BCUT2D eigenvalue weighted by atomic mass is 32.2. The molecule has 1 unspecified atom stereocenters. The molecule has 19 heavy (non-hydrogen) atoms. The fourth-order valence-electron chi connectivity index (χ4n) is 1.98. The normalized spacial score (nSPS) is 35.6. The average Bonchev–Trinajstić information content (AvgIpc) is 2.66. The minimum absolute atomic E-state index is 0.118. The fourth-order valence-corrected chi connectivity index (χ4v) is 12.5. The molecule has 112 valence electrons. The first kappa shape index (κ1) is 16.0. The van der Waals surface area contributed by atoms with Crippen molar-refractivity contribution in [3.63, 3.8) is 0 Å². The van der Waals surface area contributed by atoms with Crippen LogP contribution in [-0.2, 0) is 31.0 Å². The van der Waals surface area contributed by atoms with E-state index in [1.165, 1.54) is 0 Å². The zero-order chi connectivity index (χ0) is 13.6. The van der Waals surface area contributed by atoms with E-state index in [-0.39, 0.29) is 17.6 Å². The topological polar surface area (TPSA) is 80.3 Å². The third-order valence-electron chi connectivity index (χ3n) is 2.97. The van der Waals surface area contributed by atoms with Crippen molar-refractivity contribution in [1.82, 2.24) is 0 Å². The van der Waals surface area contributed by atoms with E-state index in [0.717, 1.165) is 12.5 Å². The van der Waals surface area contributed by atoms with Crippen LogP contribution in [0.2, 0.25) is 6.04 Å². The summed E-state index contributed by atoms with van der Waals surface area (Å²) in [5.74, 6) is 0.435. The molecule has 2 fully saturated rings. The number of ether oxygens (including phenoxy) is 1. The van der Waals surface area contributed by atoms with E-state index in [4.69, 9.17) is 21.2 Å². The molecule has 0 aromatic rings. The van der Waals surface area contributed by atoms with Crippen molar-refractivity contribution in [2.75, 3.05) is 18.1 Å². The minimum atomic E-state index is -2.85. The molecule has 2 aliphatic heterocycles. The van der Waals surface area contributed by atoms with Crippen molar-refractivity contribution in [3.8, 4) is 0 Å². The Balaban J connectivity index is 1.56. The van der Waals surface area contributed by atoms with E-state index in [0.29, 0.717) is 13.0 Å². The molecule has 12 heteroatoms. The molecule has 2 rings (SSSR count). The second-order valence-electron chi connectivity index (χ2n) is 4.56. The Hall–Kier alpha value is 0.618. The first-order chi connectivity index (χ1) is 9.16. The molecule has 0 bridgehead atoms. The van der Waals surface area contributed by atoms with E-state index >= 15 is 0 Å². The lowest BCUT2D eigenvalue weighted by Crippen LogP contribution is -2.33. The maximum atomic E-state index is 11.3. The van der Waals surface area contributed by atoms with E-state index in [9.17, 15) is 8.42 Å². The van der Waals surface area contributed by atoms with Gasteiger partial charge in [0.25, 0.3) is 30.0 Å². The second kappa shape index (κ2) is 8.16. The molecule has 2 heterocycles. The van der Waals surface area contributed by atoms with Crippen molar-refractivity contribution >= 4 is 49.1 Å². The Morgan fingerprint density at radius 1 is 1.21 bits per heavy atom. The smallest absolute Gasteiger partial charge is 0.303 e. The van der Waals surface area contributed by atoms with Crippen molar-refractivity contribution in [2.45, 2.75) is 25.0 Å². The monoisotopic (exact) mass is 360 g/mol. The zero-order valence-electron chi connectivity index (χ0n) is 10.8. The van der Waals surface area contributed by atoms with Gasteiger partial charge < -0.3 is 21.2 Å². The Labute approximate surface area is 122 Å². The van der Waals surface area contributed by atoms with Gasteiger partial charge in [0.1, 0.15) is 0 Å². The van der Waals surface area contributed by atoms with E-state index in [2.05, 4.69) is 0 Å². The second-order valence-corrected chi connectivity index (χ2v) is 14.9. The molecule has 0 aromatic carbocycles. The summed E-state index contributed by atoms with van der Waals surface area (Å²) in [4.78, 5) is 0. The molecule has 2 aliphatic rings. The fraction of sp³-hybridized carbons (Fsp3) is 1.00. The van der Waals surface area contributed by atoms with Gasteiger partial charge in [-0.3, -0.25) is 0 Å². The zero-order valence-corrected chi connectivity index (χ0v) is 17.0. The summed E-state index contributed by atoms with van der Waals surface area (Å²) >= 11 is 0. The van der Waals surface area contributed by atoms with E-state index in [1.54, 1.807) is 0 Å². The lowest BCUT2D eigenvalue weighted by atomic mass is 10.3. The predicted molar refractivity (Wildman–Crippen MR) is 79.6 cm³/mol. The molecule has 1 atom stereocenters. The van der Waals surface area contributed by atoms with Gasteiger partial charge in [-0.05, 0) is 18.9 Å². The molecular formula is C7H20O7SSi4. The van der Waals surface area contributed by atoms with Gasteiger partial charge in [0, 0.05) is 6.61 Å². The van der Waals surface area contributed by atoms with Crippen LogP contribution in [0.4, 0.5) is 0 Å². The number of rotatable bonds is 5. The number of hydrogen-bond acceptors (Lipinski definition) is 7. The van der Waals surface area contributed by atoms with Gasteiger partial charge >= 0.3 is 9.28 Å². The highest BCUT2D eigenvalue weighted by molar-refractivity contribution is 7.91. The summed E-state index contributed by atoms with van der Waals surface area (Å²) in [7, 11) is -7.01. The maximum absolute atomic E-state index is 11.3.